The molecule has 0 aliphatic carbocycles. The highest BCUT2D eigenvalue weighted by atomic mass is 16.5. The fourth-order valence-electron chi connectivity index (χ4n) is 2.82. The van der Waals surface area contributed by atoms with Crippen molar-refractivity contribution in [2.24, 2.45) is 11.7 Å². The topological polar surface area (TPSA) is 83.4 Å². The zero-order valence-electron chi connectivity index (χ0n) is 11.1. The molecule has 106 valence electrons. The zero-order chi connectivity index (χ0) is 13.1. The summed E-state index contributed by atoms with van der Waals surface area (Å²) < 4.78 is 16.2. The molecule has 19 heavy (non-hydrogen) atoms. The van der Waals surface area contributed by atoms with Gasteiger partial charge in [-0.3, -0.25) is 0 Å². The third-order valence-electron chi connectivity index (χ3n) is 4.26. The third kappa shape index (κ3) is 2.66. The van der Waals surface area contributed by atoms with Crippen molar-refractivity contribution in [3.05, 3.63) is 11.7 Å². The Morgan fingerprint density at radius 2 is 2.05 bits per heavy atom. The molecule has 3 rings (SSSR count). The summed E-state index contributed by atoms with van der Waals surface area (Å²) in [6, 6.07) is 0. The van der Waals surface area contributed by atoms with E-state index in [9.17, 15) is 0 Å². The molecular weight excluding hydrogens is 246 g/mol. The Bertz CT molecular complexity index is 409. The normalized spacial score (nSPS) is 26.7. The molecule has 0 bridgehead atoms. The van der Waals surface area contributed by atoms with Crippen LogP contribution < -0.4 is 5.73 Å². The fraction of sp³-hybridized carbons (Fsp3) is 0.846. The quantitative estimate of drug-likeness (QED) is 0.862. The Balaban J connectivity index is 1.71. The Hall–Kier alpha value is -0.980. The molecule has 0 spiro atoms. The average Bonchev–Trinajstić information content (AvgIpc) is 3.12. The van der Waals surface area contributed by atoms with Crippen LogP contribution in [0.4, 0.5) is 0 Å². The Morgan fingerprint density at radius 1 is 1.21 bits per heavy atom. The summed E-state index contributed by atoms with van der Waals surface area (Å²) in [5, 5.41) is 4.11. The lowest BCUT2D eigenvalue weighted by Gasteiger charge is -2.32. The smallest absolute Gasteiger partial charge is 0.234 e. The zero-order valence-corrected chi connectivity index (χ0v) is 11.1. The Labute approximate surface area is 112 Å². The predicted octanol–water partition coefficient (Wildman–Crippen LogP) is 0.655. The summed E-state index contributed by atoms with van der Waals surface area (Å²) in [5.74, 6) is 1.99. The van der Waals surface area contributed by atoms with Gasteiger partial charge < -0.3 is 19.7 Å². The highest BCUT2D eigenvalue weighted by molar-refractivity contribution is 5.08. The van der Waals surface area contributed by atoms with E-state index >= 15 is 0 Å². The predicted molar refractivity (Wildman–Crippen MR) is 67.7 cm³/mol. The molecule has 1 unspecified atom stereocenters. The molecule has 0 radical (unpaired) electrons. The number of nitrogens with zero attached hydrogens (tertiary/aromatic N) is 2. The molecule has 1 aromatic rings. The largest absolute Gasteiger partial charge is 0.381 e. The van der Waals surface area contributed by atoms with Crippen LogP contribution in [0.3, 0.4) is 0 Å². The van der Waals surface area contributed by atoms with Gasteiger partial charge in [0.2, 0.25) is 5.89 Å². The van der Waals surface area contributed by atoms with Gasteiger partial charge in [0.25, 0.3) is 0 Å². The number of hydrogen-bond donors (Lipinski definition) is 1. The second-order valence-corrected chi connectivity index (χ2v) is 5.55. The lowest BCUT2D eigenvalue weighted by Crippen LogP contribution is -2.40. The average molecular weight is 267 g/mol. The first-order chi connectivity index (χ1) is 9.32. The maximum absolute atomic E-state index is 5.94. The van der Waals surface area contributed by atoms with Gasteiger partial charge in [-0.2, -0.15) is 4.98 Å². The van der Waals surface area contributed by atoms with Crippen molar-refractivity contribution in [1.82, 2.24) is 10.1 Å². The minimum atomic E-state index is -0.185. The van der Waals surface area contributed by atoms with Gasteiger partial charge in [0.15, 0.2) is 5.82 Å². The van der Waals surface area contributed by atoms with Gasteiger partial charge in [-0.05, 0) is 25.2 Å². The maximum atomic E-state index is 5.94. The molecule has 2 aliphatic heterocycles. The van der Waals surface area contributed by atoms with Crippen molar-refractivity contribution >= 4 is 0 Å². The van der Waals surface area contributed by atoms with Crippen molar-refractivity contribution in [3.8, 4) is 0 Å². The molecule has 2 saturated heterocycles. The SMILES string of the molecule is NCC1(c2nc(CC3CCOC3)no2)CCOCC1. The molecule has 6 heteroatoms. The van der Waals surface area contributed by atoms with E-state index < -0.39 is 0 Å². The summed E-state index contributed by atoms with van der Waals surface area (Å²) >= 11 is 0. The highest BCUT2D eigenvalue weighted by Crippen LogP contribution is 2.33. The van der Waals surface area contributed by atoms with E-state index in [4.69, 9.17) is 19.7 Å². The molecule has 2 aliphatic rings. The molecule has 3 heterocycles. The summed E-state index contributed by atoms with van der Waals surface area (Å²) in [6.07, 6.45) is 3.63. The van der Waals surface area contributed by atoms with Crippen LogP contribution in [-0.2, 0) is 21.3 Å². The molecule has 1 aromatic heterocycles. The monoisotopic (exact) mass is 267 g/mol. The van der Waals surface area contributed by atoms with Crippen LogP contribution in [0.1, 0.15) is 31.0 Å². The van der Waals surface area contributed by atoms with Crippen LogP contribution in [0.2, 0.25) is 0 Å². The van der Waals surface area contributed by atoms with Gasteiger partial charge in [0.05, 0.1) is 5.41 Å². The van der Waals surface area contributed by atoms with Crippen molar-refractivity contribution in [1.29, 1.82) is 0 Å². The number of ether oxygens (including phenoxy) is 2. The molecule has 6 nitrogen and oxygen atoms in total. The van der Waals surface area contributed by atoms with E-state index in [0.717, 1.165) is 44.7 Å². The summed E-state index contributed by atoms with van der Waals surface area (Å²) in [7, 11) is 0. The molecule has 0 aromatic carbocycles. The number of hydrogen-bond acceptors (Lipinski definition) is 6. The lowest BCUT2D eigenvalue weighted by molar-refractivity contribution is 0.0409. The molecule has 0 saturated carbocycles. The lowest BCUT2D eigenvalue weighted by atomic mass is 9.80. The van der Waals surface area contributed by atoms with E-state index in [-0.39, 0.29) is 5.41 Å². The van der Waals surface area contributed by atoms with Gasteiger partial charge in [-0.15, -0.1) is 0 Å². The maximum Gasteiger partial charge on any atom is 0.234 e. The van der Waals surface area contributed by atoms with Crippen LogP contribution in [0, 0.1) is 5.92 Å². The van der Waals surface area contributed by atoms with Gasteiger partial charge in [-0.25, -0.2) is 0 Å². The van der Waals surface area contributed by atoms with Crippen LogP contribution >= 0.6 is 0 Å². The van der Waals surface area contributed by atoms with Crippen LogP contribution in [0.15, 0.2) is 4.52 Å². The second kappa shape index (κ2) is 5.56. The van der Waals surface area contributed by atoms with Crippen molar-refractivity contribution < 1.29 is 14.0 Å². The van der Waals surface area contributed by atoms with E-state index in [1.807, 2.05) is 0 Å². The van der Waals surface area contributed by atoms with Crippen LogP contribution in [-0.4, -0.2) is 43.1 Å². The van der Waals surface area contributed by atoms with Crippen molar-refractivity contribution in [3.63, 3.8) is 0 Å². The number of aromatic nitrogens is 2. The van der Waals surface area contributed by atoms with Crippen molar-refractivity contribution in [2.45, 2.75) is 31.1 Å². The molecule has 0 amide bonds. The van der Waals surface area contributed by atoms with Gasteiger partial charge in [0, 0.05) is 39.4 Å². The molecule has 1 atom stereocenters. The minimum absolute atomic E-state index is 0.185. The van der Waals surface area contributed by atoms with Gasteiger partial charge >= 0.3 is 0 Å². The first-order valence-corrected chi connectivity index (χ1v) is 7.01. The summed E-state index contributed by atoms with van der Waals surface area (Å²) in [4.78, 5) is 4.57. The first kappa shape index (κ1) is 13.0. The molecule has 2 N–H and O–H groups in total. The minimum Gasteiger partial charge on any atom is -0.381 e. The number of rotatable bonds is 4. The first-order valence-electron chi connectivity index (χ1n) is 7.01. The van der Waals surface area contributed by atoms with Gasteiger partial charge in [0.1, 0.15) is 0 Å². The third-order valence-corrected chi connectivity index (χ3v) is 4.26. The highest BCUT2D eigenvalue weighted by Gasteiger charge is 2.38. The molecular formula is C13H21N3O3. The number of nitrogens with two attached hydrogens (primary N) is 1. The van der Waals surface area contributed by atoms with E-state index in [2.05, 4.69) is 10.1 Å². The second-order valence-electron chi connectivity index (χ2n) is 5.55. The molecule has 2 fully saturated rings. The van der Waals surface area contributed by atoms with E-state index in [0.29, 0.717) is 31.6 Å². The Morgan fingerprint density at radius 3 is 2.74 bits per heavy atom. The standard InChI is InChI=1S/C13H21N3O3/c14-9-13(2-5-17-6-3-13)12-15-11(16-19-12)7-10-1-4-18-8-10/h10H,1-9,14H2. The van der Waals surface area contributed by atoms with Gasteiger partial charge in [-0.1, -0.05) is 5.16 Å². The van der Waals surface area contributed by atoms with Crippen LogP contribution in [0.25, 0.3) is 0 Å². The summed E-state index contributed by atoms with van der Waals surface area (Å²) in [5.41, 5.74) is 5.75. The summed E-state index contributed by atoms with van der Waals surface area (Å²) in [6.45, 7) is 3.61. The Kier molecular flexibility index (Phi) is 3.81. The van der Waals surface area contributed by atoms with Crippen molar-refractivity contribution in [2.75, 3.05) is 33.0 Å². The fourth-order valence-corrected chi connectivity index (χ4v) is 2.82. The van der Waals surface area contributed by atoms with E-state index in [1.54, 1.807) is 0 Å². The van der Waals surface area contributed by atoms with Crippen LogP contribution in [0.5, 0.6) is 0 Å². The van der Waals surface area contributed by atoms with E-state index in [1.165, 1.54) is 0 Å².